The van der Waals surface area contributed by atoms with Crippen LogP contribution in [0, 0.1) is 21.4 Å². The van der Waals surface area contributed by atoms with Gasteiger partial charge in [0.15, 0.2) is 5.92 Å². The molecule has 1 saturated heterocycles. The minimum Gasteiger partial charge on any atom is -0.460 e. The van der Waals surface area contributed by atoms with E-state index in [9.17, 15) is 24.5 Å². The van der Waals surface area contributed by atoms with Crippen LogP contribution in [0.15, 0.2) is 78.9 Å². The van der Waals surface area contributed by atoms with E-state index in [1.165, 1.54) is 30.8 Å². The third-order valence-corrected chi connectivity index (χ3v) is 10.7. The summed E-state index contributed by atoms with van der Waals surface area (Å²) in [5, 5.41) is 17.3. The second-order valence-electron chi connectivity index (χ2n) is 14.0. The average molecular weight is 729 g/mol. The zero-order chi connectivity index (χ0) is 37.5. The van der Waals surface area contributed by atoms with Gasteiger partial charge in [0, 0.05) is 48.7 Å². The SMILES string of the molecule is CN(C(=O)OCc1ccccc1)c1ccc(C(C(=O)OCc2ccccc2)C(=O)c2nn(C3CCCCO3)c3c2C[C@@H]2C(F)(F)[C@]2(C)C3)c([N+](=O)[O-])c1. The highest BCUT2D eigenvalue weighted by Crippen LogP contribution is 2.70. The van der Waals surface area contributed by atoms with E-state index in [4.69, 9.17) is 14.2 Å². The average Bonchev–Trinajstić information content (AvgIpc) is 3.40. The Kier molecular flexibility index (Phi) is 9.58. The number of Topliss-reactive ketones (excluding diaryl/α,β-unsaturated/α-hetero) is 1. The summed E-state index contributed by atoms with van der Waals surface area (Å²) in [6.45, 7) is 1.67. The minimum absolute atomic E-state index is 0.0389. The Balaban J connectivity index is 1.26. The molecular formula is C39H38F2N4O8. The number of ether oxygens (including phenoxy) is 3. The largest absolute Gasteiger partial charge is 0.460 e. The quantitative estimate of drug-likeness (QED) is 0.0510. The molecule has 1 aromatic heterocycles. The summed E-state index contributed by atoms with van der Waals surface area (Å²) in [6.07, 6.45) is 0.575. The fourth-order valence-electron chi connectivity index (χ4n) is 7.47. The van der Waals surface area contributed by atoms with E-state index in [0.29, 0.717) is 24.3 Å². The van der Waals surface area contributed by atoms with Crippen molar-refractivity contribution in [2.45, 2.75) is 70.3 Å². The molecule has 1 saturated carbocycles. The van der Waals surface area contributed by atoms with Gasteiger partial charge < -0.3 is 14.2 Å². The molecule has 2 unspecified atom stereocenters. The fraction of sp³-hybridized carbons (Fsp3) is 0.385. The minimum atomic E-state index is -2.97. The van der Waals surface area contributed by atoms with Crippen LogP contribution in [0.2, 0.25) is 0 Å². The molecule has 2 aliphatic carbocycles. The number of nitro groups is 1. The number of carbonyl (C=O) groups is 3. The van der Waals surface area contributed by atoms with Gasteiger partial charge in [0.05, 0.1) is 16.2 Å². The van der Waals surface area contributed by atoms with Gasteiger partial charge in [-0.3, -0.25) is 24.6 Å². The maximum Gasteiger partial charge on any atom is 0.414 e. The summed E-state index contributed by atoms with van der Waals surface area (Å²) >= 11 is 0. The lowest BCUT2D eigenvalue weighted by Gasteiger charge is -2.26. The Morgan fingerprint density at radius 2 is 1.68 bits per heavy atom. The molecule has 53 heavy (non-hydrogen) atoms. The Bertz CT molecular complexity index is 2050. The monoisotopic (exact) mass is 728 g/mol. The maximum atomic E-state index is 15.2. The van der Waals surface area contributed by atoms with Gasteiger partial charge in [0.1, 0.15) is 25.1 Å². The molecule has 7 rings (SSSR count). The van der Waals surface area contributed by atoms with Crippen molar-refractivity contribution in [3.8, 4) is 0 Å². The predicted octanol–water partition coefficient (Wildman–Crippen LogP) is 7.34. The number of fused-ring (bicyclic) bond motifs is 2. The fourth-order valence-corrected chi connectivity index (χ4v) is 7.47. The zero-order valence-corrected chi connectivity index (χ0v) is 29.2. The van der Waals surface area contributed by atoms with Crippen molar-refractivity contribution in [1.82, 2.24) is 9.78 Å². The van der Waals surface area contributed by atoms with Gasteiger partial charge in [-0.2, -0.15) is 5.10 Å². The van der Waals surface area contributed by atoms with Crippen molar-refractivity contribution >= 4 is 29.2 Å². The molecule has 4 atom stereocenters. The van der Waals surface area contributed by atoms with Gasteiger partial charge >= 0.3 is 12.1 Å². The van der Waals surface area contributed by atoms with Gasteiger partial charge in [-0.05, 0) is 48.9 Å². The summed E-state index contributed by atoms with van der Waals surface area (Å²) in [5.41, 5.74) is -0.344. The van der Waals surface area contributed by atoms with Crippen molar-refractivity contribution < 1.29 is 42.3 Å². The number of rotatable bonds is 11. The number of nitro benzene ring substituents is 1. The van der Waals surface area contributed by atoms with Crippen LogP contribution < -0.4 is 4.90 Å². The number of alkyl halides is 2. The molecule has 2 heterocycles. The number of esters is 1. The van der Waals surface area contributed by atoms with E-state index < -0.39 is 57.9 Å². The molecule has 12 nitrogen and oxygen atoms in total. The van der Waals surface area contributed by atoms with E-state index in [1.807, 2.05) is 6.07 Å². The van der Waals surface area contributed by atoms with Gasteiger partial charge in [0.25, 0.3) is 11.6 Å². The molecular weight excluding hydrogens is 690 g/mol. The smallest absolute Gasteiger partial charge is 0.414 e. The van der Waals surface area contributed by atoms with Crippen LogP contribution in [0.5, 0.6) is 0 Å². The van der Waals surface area contributed by atoms with Gasteiger partial charge in [-0.15, -0.1) is 0 Å². The molecule has 0 radical (unpaired) electrons. The number of amides is 1. The second-order valence-corrected chi connectivity index (χ2v) is 14.0. The van der Waals surface area contributed by atoms with Gasteiger partial charge in [-0.1, -0.05) is 67.6 Å². The summed E-state index contributed by atoms with van der Waals surface area (Å²) < 4.78 is 48.8. The summed E-state index contributed by atoms with van der Waals surface area (Å²) in [7, 11) is 1.37. The van der Waals surface area contributed by atoms with Crippen LogP contribution in [0.25, 0.3) is 0 Å². The van der Waals surface area contributed by atoms with E-state index in [1.54, 1.807) is 54.6 Å². The second kappa shape index (κ2) is 14.1. The molecule has 2 fully saturated rings. The number of nitrogens with zero attached hydrogens (tertiary/aromatic N) is 4. The van der Waals surface area contributed by atoms with Gasteiger partial charge in [0.2, 0.25) is 5.78 Å². The maximum absolute atomic E-state index is 15.2. The number of aromatic nitrogens is 2. The molecule has 4 aromatic rings. The highest BCUT2D eigenvalue weighted by molar-refractivity contribution is 6.13. The van der Waals surface area contributed by atoms with Crippen LogP contribution >= 0.6 is 0 Å². The van der Waals surface area contributed by atoms with Crippen LogP contribution in [0.4, 0.5) is 25.0 Å². The van der Waals surface area contributed by atoms with Crippen molar-refractivity contribution in [3.63, 3.8) is 0 Å². The number of anilines is 1. The van der Waals surface area contributed by atoms with E-state index in [0.717, 1.165) is 29.4 Å². The third kappa shape index (κ3) is 6.67. The molecule has 3 aliphatic rings. The van der Waals surface area contributed by atoms with Crippen LogP contribution in [-0.4, -0.2) is 52.1 Å². The lowest BCUT2D eigenvalue weighted by atomic mass is 9.84. The summed E-state index contributed by atoms with van der Waals surface area (Å²) in [5.74, 6) is -7.90. The predicted molar refractivity (Wildman–Crippen MR) is 186 cm³/mol. The van der Waals surface area contributed by atoms with Crippen LogP contribution in [0.3, 0.4) is 0 Å². The molecule has 0 bridgehead atoms. The van der Waals surface area contributed by atoms with Crippen molar-refractivity contribution in [2.75, 3.05) is 18.6 Å². The van der Waals surface area contributed by atoms with Crippen LogP contribution in [-0.2, 0) is 45.1 Å². The number of hydrogen-bond acceptors (Lipinski definition) is 9. The van der Waals surface area contributed by atoms with Gasteiger partial charge in [-0.25, -0.2) is 18.3 Å². The van der Waals surface area contributed by atoms with Crippen LogP contribution in [0.1, 0.15) is 76.8 Å². The Hall–Kier alpha value is -5.50. The molecule has 14 heteroatoms. The number of hydrogen-bond donors (Lipinski definition) is 0. The normalized spacial score (nSPS) is 21.7. The molecule has 276 valence electrons. The van der Waals surface area contributed by atoms with Crippen molar-refractivity contribution in [3.05, 3.63) is 123 Å². The third-order valence-electron chi connectivity index (χ3n) is 10.7. The topological polar surface area (TPSA) is 143 Å². The molecule has 3 aromatic carbocycles. The first-order valence-corrected chi connectivity index (χ1v) is 17.5. The zero-order valence-electron chi connectivity index (χ0n) is 29.2. The Morgan fingerprint density at radius 1 is 1.02 bits per heavy atom. The molecule has 0 spiro atoms. The Labute approximate surface area is 303 Å². The highest BCUT2D eigenvalue weighted by Gasteiger charge is 2.78. The molecule has 0 N–H and O–H groups in total. The first-order chi connectivity index (χ1) is 25.4. The Morgan fingerprint density at radius 3 is 2.30 bits per heavy atom. The van der Waals surface area contributed by atoms with E-state index in [2.05, 4.69) is 5.10 Å². The first kappa shape index (κ1) is 35.9. The molecule has 1 amide bonds. The van der Waals surface area contributed by atoms with Crippen molar-refractivity contribution in [2.24, 2.45) is 11.3 Å². The summed E-state index contributed by atoms with van der Waals surface area (Å²) in [4.78, 5) is 54.6. The summed E-state index contributed by atoms with van der Waals surface area (Å²) in [6, 6.07) is 21.3. The number of carbonyl (C=O) groups excluding carboxylic acids is 3. The lowest BCUT2D eigenvalue weighted by Crippen LogP contribution is -2.28. The number of ketones is 1. The lowest BCUT2D eigenvalue weighted by molar-refractivity contribution is -0.385. The van der Waals surface area contributed by atoms with E-state index >= 15 is 8.78 Å². The number of halogens is 2. The number of benzene rings is 3. The van der Waals surface area contributed by atoms with Crippen molar-refractivity contribution in [1.29, 1.82) is 0 Å². The first-order valence-electron chi connectivity index (χ1n) is 17.5. The standard InChI is InChI=1S/C39H38F2N4O8/c1-38-21-30-28(20-31(38)39(38,40)41)34(42-44(30)32-15-9-10-18-51-32)35(46)33(36(47)52-22-24-11-5-3-6-12-24)27-17-16-26(19-29(27)45(49)50)43(2)37(48)53-23-25-13-7-4-8-14-25/h3-8,11-14,16-17,19,31-33H,9-10,15,18,20-23H2,1-2H3/t31-,32?,33?,38+/m0/s1. The van der Waals surface area contributed by atoms with E-state index in [-0.39, 0.29) is 48.6 Å². The molecule has 1 aliphatic heterocycles. The highest BCUT2D eigenvalue weighted by atomic mass is 19.3.